The molecule has 0 bridgehead atoms. The van der Waals surface area contributed by atoms with Gasteiger partial charge in [0.05, 0.1) is 22.1 Å². The molecule has 5 heteroatoms. The molecule has 4 nitrogen and oxygen atoms in total. The maximum Gasteiger partial charge on any atom is 0.136 e. The molecule has 14 aromatic rings. The summed E-state index contributed by atoms with van der Waals surface area (Å²) in [5.41, 5.74) is 13.5. The summed E-state index contributed by atoms with van der Waals surface area (Å²) in [4.78, 5) is 2.22. The fraction of sp³-hybridized carbons (Fsp3) is 0. The highest BCUT2D eigenvalue weighted by Gasteiger charge is 2.21. The number of anilines is 3. The Balaban J connectivity index is 0.922. The van der Waals surface area contributed by atoms with Gasteiger partial charge in [-0.3, -0.25) is 0 Å². The molecular weight excluding hydrogens is 822 g/mol. The van der Waals surface area contributed by atoms with Crippen LogP contribution in [0.15, 0.2) is 235 Å². The smallest absolute Gasteiger partial charge is 0.136 e. The van der Waals surface area contributed by atoms with Crippen molar-refractivity contribution in [3.05, 3.63) is 236 Å². The molecule has 0 N–H and O–H groups in total. The molecular formula is C62H38FN3O. The van der Waals surface area contributed by atoms with Gasteiger partial charge in [-0.25, -0.2) is 4.39 Å². The highest BCUT2D eigenvalue weighted by atomic mass is 19.1. The quantitative estimate of drug-likeness (QED) is 0.166. The topological polar surface area (TPSA) is 26.2 Å². The Labute approximate surface area is 384 Å². The maximum absolute atomic E-state index is 14.5. The van der Waals surface area contributed by atoms with E-state index in [-0.39, 0.29) is 5.82 Å². The highest BCUT2D eigenvalue weighted by Crippen LogP contribution is 2.44. The minimum Gasteiger partial charge on any atom is -0.456 e. The predicted octanol–water partition coefficient (Wildman–Crippen LogP) is 17.4. The normalized spacial score (nSPS) is 12.0. The number of aromatic nitrogens is 2. The summed E-state index contributed by atoms with van der Waals surface area (Å²) in [7, 11) is 0. The van der Waals surface area contributed by atoms with Gasteiger partial charge in [-0.2, -0.15) is 0 Å². The molecule has 0 aliphatic carbocycles. The van der Waals surface area contributed by atoms with Crippen molar-refractivity contribution in [2.45, 2.75) is 0 Å². The van der Waals surface area contributed by atoms with E-state index in [0.29, 0.717) is 0 Å². The molecule has 14 rings (SSSR count). The maximum atomic E-state index is 14.5. The summed E-state index contributed by atoms with van der Waals surface area (Å²) in [6.45, 7) is 0. The Morgan fingerprint density at radius 2 is 0.866 bits per heavy atom. The third kappa shape index (κ3) is 5.85. The fourth-order valence-electron chi connectivity index (χ4n) is 10.6. The Morgan fingerprint density at radius 3 is 1.58 bits per heavy atom. The molecule has 0 fully saturated rings. The minimum absolute atomic E-state index is 0.273. The first-order valence-corrected chi connectivity index (χ1v) is 22.7. The zero-order valence-electron chi connectivity index (χ0n) is 36.1. The number of rotatable bonds is 6. The number of halogens is 1. The summed E-state index contributed by atoms with van der Waals surface area (Å²) in [5.74, 6) is -0.273. The Morgan fingerprint density at radius 1 is 0.328 bits per heavy atom. The molecule has 0 saturated heterocycles. The number of para-hydroxylation sites is 3. The van der Waals surface area contributed by atoms with Crippen molar-refractivity contribution in [2.24, 2.45) is 0 Å². The standard InChI is InChI=1S/C62H38FN3O/c63-44-23-27-48(28-24-44)64(49-29-31-51-54-33-40-11-7-8-12-41(40)34-57(54)66(59(51)37-49)46-15-5-2-6-16-46)47-25-19-39(20-26-47)42-21-30-50-55-38-53-43(22-32-61-62(53)52-17-9-10-18-60(52)67-61)36-58(55)65(56(50)35-42)45-13-3-1-4-14-45/h1-38H. The van der Waals surface area contributed by atoms with Gasteiger partial charge >= 0.3 is 0 Å². The van der Waals surface area contributed by atoms with Crippen molar-refractivity contribution < 1.29 is 8.81 Å². The van der Waals surface area contributed by atoms with Crippen LogP contribution in [0.2, 0.25) is 0 Å². The van der Waals surface area contributed by atoms with Crippen LogP contribution in [-0.2, 0) is 0 Å². The van der Waals surface area contributed by atoms with Crippen LogP contribution in [-0.4, -0.2) is 9.13 Å². The first-order chi connectivity index (χ1) is 33.1. The van der Waals surface area contributed by atoms with Crippen molar-refractivity contribution in [3.63, 3.8) is 0 Å². The summed E-state index contributed by atoms with van der Waals surface area (Å²) in [6.07, 6.45) is 0. The second kappa shape index (κ2) is 14.5. The lowest BCUT2D eigenvalue weighted by Gasteiger charge is -2.26. The number of hydrogen-bond donors (Lipinski definition) is 0. The zero-order valence-corrected chi connectivity index (χ0v) is 36.1. The van der Waals surface area contributed by atoms with Gasteiger partial charge in [0.2, 0.25) is 0 Å². The molecule has 0 spiro atoms. The van der Waals surface area contributed by atoms with Gasteiger partial charge in [0.15, 0.2) is 0 Å². The van der Waals surface area contributed by atoms with E-state index >= 15 is 0 Å². The summed E-state index contributed by atoms with van der Waals surface area (Å²) in [6, 6.07) is 80.6. The number of hydrogen-bond acceptors (Lipinski definition) is 2. The highest BCUT2D eigenvalue weighted by molar-refractivity contribution is 6.23. The van der Waals surface area contributed by atoms with Gasteiger partial charge in [0, 0.05) is 60.8 Å². The van der Waals surface area contributed by atoms with Crippen molar-refractivity contribution in [1.29, 1.82) is 0 Å². The van der Waals surface area contributed by atoms with Crippen molar-refractivity contribution in [2.75, 3.05) is 4.90 Å². The Hall–Kier alpha value is -8.93. The van der Waals surface area contributed by atoms with E-state index in [1.54, 1.807) is 0 Å². The SMILES string of the molecule is Fc1ccc(N(c2ccc(-c3ccc4c5cc6c(ccc7oc8ccccc8c76)cc5n(-c5ccccc5)c4c3)cc2)c2ccc3c4cc5ccccc5cc4n(-c4ccccc4)c3c2)cc1. The van der Waals surface area contributed by atoms with Gasteiger partial charge < -0.3 is 18.5 Å². The lowest BCUT2D eigenvalue weighted by molar-refractivity contribution is 0.628. The van der Waals surface area contributed by atoms with Gasteiger partial charge in [-0.1, -0.05) is 115 Å². The lowest BCUT2D eigenvalue weighted by atomic mass is 10.00. The lowest BCUT2D eigenvalue weighted by Crippen LogP contribution is -2.10. The van der Waals surface area contributed by atoms with Gasteiger partial charge in [-0.15, -0.1) is 0 Å². The van der Waals surface area contributed by atoms with Crippen LogP contribution in [0.3, 0.4) is 0 Å². The average molecular weight is 860 g/mol. The van der Waals surface area contributed by atoms with Gasteiger partial charge in [0.25, 0.3) is 0 Å². The zero-order chi connectivity index (χ0) is 44.2. The summed E-state index contributed by atoms with van der Waals surface area (Å²) >= 11 is 0. The van der Waals surface area contributed by atoms with Crippen LogP contribution < -0.4 is 4.90 Å². The van der Waals surface area contributed by atoms with E-state index in [9.17, 15) is 4.39 Å². The van der Waals surface area contributed by atoms with Gasteiger partial charge in [0.1, 0.15) is 17.0 Å². The second-order valence-corrected chi connectivity index (χ2v) is 17.5. The third-order valence-electron chi connectivity index (χ3n) is 13.7. The van der Waals surface area contributed by atoms with E-state index < -0.39 is 0 Å². The van der Waals surface area contributed by atoms with Crippen LogP contribution in [0.1, 0.15) is 0 Å². The fourth-order valence-corrected chi connectivity index (χ4v) is 10.6. The third-order valence-corrected chi connectivity index (χ3v) is 13.7. The molecule has 0 atom stereocenters. The molecule has 67 heavy (non-hydrogen) atoms. The monoisotopic (exact) mass is 859 g/mol. The van der Waals surface area contributed by atoms with Gasteiger partial charge in [-0.05, 0) is 148 Å². The Kier molecular flexibility index (Phi) is 8.13. The summed E-state index contributed by atoms with van der Waals surface area (Å²) in [5, 5.41) is 11.8. The molecule has 3 heterocycles. The molecule has 314 valence electrons. The first kappa shape index (κ1) is 37.4. The minimum atomic E-state index is -0.273. The van der Waals surface area contributed by atoms with Crippen LogP contribution in [0.25, 0.3) is 110 Å². The largest absolute Gasteiger partial charge is 0.456 e. The van der Waals surface area contributed by atoms with Crippen LogP contribution in [0.5, 0.6) is 0 Å². The van der Waals surface area contributed by atoms with E-state index in [1.807, 2.05) is 24.3 Å². The van der Waals surface area contributed by atoms with E-state index in [0.717, 1.165) is 83.6 Å². The Bertz CT molecular complexity index is 4260. The molecule has 0 saturated carbocycles. The molecule has 11 aromatic carbocycles. The van der Waals surface area contributed by atoms with Crippen molar-refractivity contribution in [3.8, 4) is 22.5 Å². The number of fused-ring (bicyclic) bond motifs is 12. The molecule has 0 unspecified atom stereocenters. The molecule has 0 amide bonds. The van der Waals surface area contributed by atoms with Crippen LogP contribution >= 0.6 is 0 Å². The number of benzene rings is 11. The molecule has 3 aromatic heterocycles. The van der Waals surface area contributed by atoms with Crippen molar-refractivity contribution >= 4 is 104 Å². The number of nitrogens with zero attached hydrogens (tertiary/aromatic N) is 3. The first-order valence-electron chi connectivity index (χ1n) is 22.7. The van der Waals surface area contributed by atoms with E-state index in [1.165, 1.54) is 55.2 Å². The van der Waals surface area contributed by atoms with E-state index in [4.69, 9.17) is 4.42 Å². The van der Waals surface area contributed by atoms with Crippen LogP contribution in [0, 0.1) is 5.82 Å². The summed E-state index contributed by atoms with van der Waals surface area (Å²) < 4.78 is 25.6. The molecule has 0 aliphatic heterocycles. The predicted molar refractivity (Wildman–Crippen MR) is 277 cm³/mol. The second-order valence-electron chi connectivity index (χ2n) is 17.5. The van der Waals surface area contributed by atoms with E-state index in [2.05, 4.69) is 208 Å². The molecule has 0 radical (unpaired) electrons. The van der Waals surface area contributed by atoms with Crippen LogP contribution in [0.4, 0.5) is 21.5 Å². The van der Waals surface area contributed by atoms with Crippen molar-refractivity contribution in [1.82, 2.24) is 9.13 Å². The number of furan rings is 1. The molecule has 0 aliphatic rings. The average Bonchev–Trinajstić information content (AvgIpc) is 4.03.